The fourth-order valence-corrected chi connectivity index (χ4v) is 3.51. The standard InChI is InChI=1S/C21H25N3O3/c1-13-11-16-7-5-6-8-19(16)24(13)21(26)14(2)22-18-12-17(23-15(3)25)9-10-20(18)27-4/h5-10,12-14,22H,11H2,1-4H3,(H,23,25)/t13-,14-/m0/s1. The van der Waals surface area contributed by atoms with Crippen LogP contribution in [0, 0.1) is 0 Å². The van der Waals surface area contributed by atoms with Crippen LogP contribution in [-0.2, 0) is 16.0 Å². The average molecular weight is 367 g/mol. The van der Waals surface area contributed by atoms with Crippen molar-refractivity contribution in [2.45, 2.75) is 39.3 Å². The van der Waals surface area contributed by atoms with E-state index in [0.717, 1.165) is 12.1 Å². The summed E-state index contributed by atoms with van der Waals surface area (Å²) in [5, 5.41) is 5.98. The zero-order valence-electron chi connectivity index (χ0n) is 16.1. The summed E-state index contributed by atoms with van der Waals surface area (Å²) >= 11 is 0. The van der Waals surface area contributed by atoms with Gasteiger partial charge in [0.2, 0.25) is 11.8 Å². The van der Waals surface area contributed by atoms with E-state index in [-0.39, 0.29) is 17.9 Å². The first-order chi connectivity index (χ1) is 12.9. The molecular formula is C21H25N3O3. The molecule has 0 aliphatic carbocycles. The van der Waals surface area contributed by atoms with Gasteiger partial charge in [-0.1, -0.05) is 18.2 Å². The van der Waals surface area contributed by atoms with E-state index in [1.54, 1.807) is 25.3 Å². The zero-order valence-corrected chi connectivity index (χ0v) is 16.1. The molecule has 0 bridgehead atoms. The second-order valence-electron chi connectivity index (χ2n) is 6.85. The minimum atomic E-state index is -0.458. The first-order valence-electron chi connectivity index (χ1n) is 9.04. The Balaban J connectivity index is 1.82. The Morgan fingerprint density at radius 3 is 2.67 bits per heavy atom. The number of amides is 2. The third kappa shape index (κ3) is 3.89. The molecule has 0 saturated heterocycles. The van der Waals surface area contributed by atoms with Gasteiger partial charge in [0.15, 0.2) is 0 Å². The van der Waals surface area contributed by atoms with Crippen molar-refractivity contribution in [2.75, 3.05) is 22.6 Å². The minimum absolute atomic E-state index is 0.000525. The Kier molecular flexibility index (Phi) is 5.35. The molecule has 0 saturated carbocycles. The third-order valence-electron chi connectivity index (χ3n) is 4.71. The maximum atomic E-state index is 13.1. The van der Waals surface area contributed by atoms with Gasteiger partial charge in [0.25, 0.3) is 0 Å². The maximum Gasteiger partial charge on any atom is 0.249 e. The molecule has 2 N–H and O–H groups in total. The predicted octanol–water partition coefficient (Wildman–Crippen LogP) is 3.43. The van der Waals surface area contributed by atoms with Crippen molar-refractivity contribution in [1.82, 2.24) is 0 Å². The summed E-state index contributed by atoms with van der Waals surface area (Å²) in [6, 6.07) is 13.0. The highest BCUT2D eigenvalue weighted by Crippen LogP contribution is 2.33. The van der Waals surface area contributed by atoms with E-state index in [4.69, 9.17) is 4.74 Å². The van der Waals surface area contributed by atoms with Gasteiger partial charge in [0.1, 0.15) is 11.8 Å². The normalized spacial score (nSPS) is 16.4. The molecule has 1 aliphatic heterocycles. The van der Waals surface area contributed by atoms with Crippen molar-refractivity contribution in [3.8, 4) is 5.75 Å². The van der Waals surface area contributed by atoms with Crippen LogP contribution in [0.1, 0.15) is 26.3 Å². The number of benzene rings is 2. The van der Waals surface area contributed by atoms with Gasteiger partial charge in [0.05, 0.1) is 12.8 Å². The lowest BCUT2D eigenvalue weighted by molar-refractivity contribution is -0.119. The SMILES string of the molecule is COc1ccc(NC(C)=O)cc1N[C@@H](C)C(=O)N1c2ccccc2C[C@@H]1C. The summed E-state index contributed by atoms with van der Waals surface area (Å²) in [4.78, 5) is 26.3. The molecule has 2 aromatic carbocycles. The van der Waals surface area contributed by atoms with Crippen molar-refractivity contribution >= 4 is 28.9 Å². The van der Waals surface area contributed by atoms with E-state index in [9.17, 15) is 9.59 Å². The molecule has 0 unspecified atom stereocenters. The largest absolute Gasteiger partial charge is 0.495 e. The van der Waals surface area contributed by atoms with Crippen LogP contribution < -0.4 is 20.3 Å². The number of anilines is 3. The summed E-state index contributed by atoms with van der Waals surface area (Å²) in [6.45, 7) is 5.35. The van der Waals surface area contributed by atoms with Crippen molar-refractivity contribution in [3.05, 3.63) is 48.0 Å². The number of hydrogen-bond acceptors (Lipinski definition) is 4. The lowest BCUT2D eigenvalue weighted by Crippen LogP contribution is -2.44. The lowest BCUT2D eigenvalue weighted by atomic mass is 10.1. The summed E-state index contributed by atoms with van der Waals surface area (Å²) in [5.74, 6) is 0.454. The second kappa shape index (κ2) is 7.70. The molecule has 3 rings (SSSR count). The molecule has 6 heteroatoms. The van der Waals surface area contributed by atoms with Crippen molar-refractivity contribution < 1.29 is 14.3 Å². The van der Waals surface area contributed by atoms with Gasteiger partial charge in [-0.25, -0.2) is 0 Å². The molecule has 142 valence electrons. The van der Waals surface area contributed by atoms with Crippen molar-refractivity contribution in [1.29, 1.82) is 0 Å². The highest BCUT2D eigenvalue weighted by molar-refractivity contribution is 6.01. The predicted molar refractivity (Wildman–Crippen MR) is 107 cm³/mol. The summed E-state index contributed by atoms with van der Waals surface area (Å²) in [6.07, 6.45) is 0.857. The molecule has 6 nitrogen and oxygen atoms in total. The molecule has 0 radical (unpaired) electrons. The summed E-state index contributed by atoms with van der Waals surface area (Å²) in [5.41, 5.74) is 3.47. The van der Waals surface area contributed by atoms with Crippen molar-refractivity contribution in [3.63, 3.8) is 0 Å². The fourth-order valence-electron chi connectivity index (χ4n) is 3.51. The molecule has 1 heterocycles. The van der Waals surface area contributed by atoms with Gasteiger partial charge >= 0.3 is 0 Å². The first-order valence-corrected chi connectivity index (χ1v) is 9.04. The number of hydrogen-bond donors (Lipinski definition) is 2. The van der Waals surface area contributed by atoms with Gasteiger partial charge in [-0.05, 0) is 50.1 Å². The number of nitrogens with one attached hydrogen (secondary N) is 2. The maximum absolute atomic E-state index is 13.1. The molecule has 0 fully saturated rings. The number of methoxy groups -OCH3 is 1. The van der Waals surface area contributed by atoms with Crippen molar-refractivity contribution in [2.24, 2.45) is 0 Å². The van der Waals surface area contributed by atoms with E-state index in [0.29, 0.717) is 17.1 Å². The lowest BCUT2D eigenvalue weighted by Gasteiger charge is -2.27. The number of nitrogens with zero attached hydrogens (tertiary/aromatic N) is 1. The monoisotopic (exact) mass is 367 g/mol. The Bertz CT molecular complexity index is 866. The number of fused-ring (bicyclic) bond motifs is 1. The number of ether oxygens (including phenoxy) is 1. The topological polar surface area (TPSA) is 70.7 Å². The zero-order chi connectivity index (χ0) is 19.6. The minimum Gasteiger partial charge on any atom is -0.495 e. The van der Waals surface area contributed by atoms with Gasteiger partial charge in [-0.15, -0.1) is 0 Å². The fraction of sp³-hybridized carbons (Fsp3) is 0.333. The summed E-state index contributed by atoms with van der Waals surface area (Å²) in [7, 11) is 1.57. The van der Waals surface area contributed by atoms with E-state index >= 15 is 0 Å². The average Bonchev–Trinajstić information content (AvgIpc) is 2.96. The molecule has 2 aromatic rings. The van der Waals surface area contributed by atoms with Crippen LogP contribution in [0.25, 0.3) is 0 Å². The summed E-state index contributed by atoms with van der Waals surface area (Å²) < 4.78 is 5.39. The second-order valence-corrected chi connectivity index (χ2v) is 6.85. The third-order valence-corrected chi connectivity index (χ3v) is 4.71. The molecule has 1 aliphatic rings. The van der Waals surface area contributed by atoms with Gasteiger partial charge < -0.3 is 20.3 Å². The number of carbonyl (C=O) groups is 2. The molecule has 0 spiro atoms. The number of rotatable bonds is 5. The Morgan fingerprint density at radius 2 is 1.96 bits per heavy atom. The Hall–Kier alpha value is -3.02. The van der Waals surface area contributed by atoms with Gasteiger partial charge in [-0.3, -0.25) is 9.59 Å². The van der Waals surface area contributed by atoms with E-state index in [1.807, 2.05) is 30.0 Å². The van der Waals surface area contributed by atoms with Crippen LogP contribution in [0.15, 0.2) is 42.5 Å². The first kappa shape index (κ1) is 18.8. The Labute approximate surface area is 159 Å². The van der Waals surface area contributed by atoms with Crippen LogP contribution in [0.3, 0.4) is 0 Å². The van der Waals surface area contributed by atoms with Crippen LogP contribution in [0.4, 0.5) is 17.1 Å². The van der Waals surface area contributed by atoms with Gasteiger partial charge in [0, 0.05) is 24.3 Å². The molecule has 2 atom stereocenters. The smallest absolute Gasteiger partial charge is 0.249 e. The molecular weight excluding hydrogens is 342 g/mol. The van der Waals surface area contributed by atoms with Crippen LogP contribution in [0.2, 0.25) is 0 Å². The van der Waals surface area contributed by atoms with Crippen LogP contribution in [-0.4, -0.2) is 31.0 Å². The van der Waals surface area contributed by atoms with E-state index in [2.05, 4.69) is 23.6 Å². The molecule has 0 aromatic heterocycles. The Morgan fingerprint density at radius 1 is 1.22 bits per heavy atom. The van der Waals surface area contributed by atoms with Crippen LogP contribution in [0.5, 0.6) is 5.75 Å². The van der Waals surface area contributed by atoms with E-state index < -0.39 is 6.04 Å². The highest BCUT2D eigenvalue weighted by atomic mass is 16.5. The quantitative estimate of drug-likeness (QED) is 0.849. The van der Waals surface area contributed by atoms with E-state index in [1.165, 1.54) is 12.5 Å². The highest BCUT2D eigenvalue weighted by Gasteiger charge is 2.33. The molecule has 27 heavy (non-hydrogen) atoms. The number of para-hydroxylation sites is 1. The van der Waals surface area contributed by atoms with Crippen LogP contribution >= 0.6 is 0 Å². The molecule has 2 amide bonds. The number of carbonyl (C=O) groups excluding carboxylic acids is 2. The van der Waals surface area contributed by atoms with Gasteiger partial charge in [-0.2, -0.15) is 0 Å².